The third-order valence-corrected chi connectivity index (χ3v) is 3.28. The van der Waals surface area contributed by atoms with Gasteiger partial charge in [-0.15, -0.1) is 0 Å². The van der Waals surface area contributed by atoms with Gasteiger partial charge in [0.1, 0.15) is 5.82 Å². The van der Waals surface area contributed by atoms with Crippen molar-refractivity contribution in [3.63, 3.8) is 0 Å². The van der Waals surface area contributed by atoms with Gasteiger partial charge in [-0.2, -0.15) is 0 Å². The summed E-state index contributed by atoms with van der Waals surface area (Å²) < 4.78 is 19.3. The number of hydrogen-bond donors (Lipinski definition) is 1. The molecule has 0 saturated carbocycles. The first-order valence-electron chi connectivity index (χ1n) is 5.78. The van der Waals surface area contributed by atoms with Gasteiger partial charge in [0.25, 0.3) is 0 Å². The number of hydrogen-bond acceptors (Lipinski definition) is 2. The van der Waals surface area contributed by atoms with Gasteiger partial charge in [0.05, 0.1) is 6.61 Å². The minimum Gasteiger partial charge on any atom is -0.381 e. The maximum Gasteiger partial charge on any atom is 0.130 e. The van der Waals surface area contributed by atoms with E-state index in [-0.39, 0.29) is 17.8 Å². The summed E-state index contributed by atoms with van der Waals surface area (Å²) >= 11 is 0. The highest BCUT2D eigenvalue weighted by Gasteiger charge is 2.24. The molecule has 2 unspecified atom stereocenters. The first kappa shape index (κ1) is 11.6. The fourth-order valence-electron chi connectivity index (χ4n) is 2.23. The van der Waals surface area contributed by atoms with Crippen molar-refractivity contribution in [2.75, 3.05) is 13.2 Å². The van der Waals surface area contributed by atoms with Crippen molar-refractivity contribution < 1.29 is 9.13 Å². The summed E-state index contributed by atoms with van der Waals surface area (Å²) in [7, 11) is 0. The van der Waals surface area contributed by atoms with E-state index in [1.807, 2.05) is 6.07 Å². The number of aryl methyl sites for hydroxylation is 1. The fraction of sp³-hybridized carbons (Fsp3) is 0.538. The van der Waals surface area contributed by atoms with Gasteiger partial charge in [-0.25, -0.2) is 4.39 Å². The number of benzene rings is 1. The summed E-state index contributed by atoms with van der Waals surface area (Å²) in [5.41, 5.74) is 7.40. The molecule has 0 spiro atoms. The summed E-state index contributed by atoms with van der Waals surface area (Å²) in [4.78, 5) is 0. The second-order valence-electron chi connectivity index (χ2n) is 4.48. The van der Waals surface area contributed by atoms with Crippen LogP contribution in [0.1, 0.15) is 30.0 Å². The van der Waals surface area contributed by atoms with Crippen LogP contribution >= 0.6 is 0 Å². The molecule has 2 rings (SSSR count). The van der Waals surface area contributed by atoms with Gasteiger partial charge in [-0.3, -0.25) is 0 Å². The highest BCUT2D eigenvalue weighted by atomic mass is 19.1. The SMILES string of the molecule is Cc1cccc(C(N)C2CCCOC2)c1F. The molecule has 1 fully saturated rings. The molecule has 1 aromatic rings. The maximum atomic E-state index is 13.9. The van der Waals surface area contributed by atoms with E-state index in [4.69, 9.17) is 10.5 Å². The van der Waals surface area contributed by atoms with E-state index in [9.17, 15) is 4.39 Å². The maximum absolute atomic E-state index is 13.9. The second-order valence-corrected chi connectivity index (χ2v) is 4.48. The normalized spacial score (nSPS) is 23.1. The Morgan fingerprint density at radius 1 is 1.50 bits per heavy atom. The Balaban J connectivity index is 2.19. The average molecular weight is 223 g/mol. The lowest BCUT2D eigenvalue weighted by Gasteiger charge is -2.28. The van der Waals surface area contributed by atoms with E-state index in [0.29, 0.717) is 17.7 Å². The summed E-state index contributed by atoms with van der Waals surface area (Å²) in [6.45, 7) is 3.22. The Hall–Kier alpha value is -0.930. The topological polar surface area (TPSA) is 35.2 Å². The molecule has 1 heterocycles. The predicted molar refractivity (Wildman–Crippen MR) is 61.6 cm³/mol. The zero-order valence-corrected chi connectivity index (χ0v) is 9.58. The Bertz CT molecular complexity index is 361. The lowest BCUT2D eigenvalue weighted by molar-refractivity contribution is 0.0443. The summed E-state index contributed by atoms with van der Waals surface area (Å²) in [5.74, 6) is 0.0747. The molecular weight excluding hydrogens is 205 g/mol. The van der Waals surface area contributed by atoms with Crippen molar-refractivity contribution in [2.45, 2.75) is 25.8 Å². The van der Waals surface area contributed by atoms with Gasteiger partial charge in [0.15, 0.2) is 0 Å². The van der Waals surface area contributed by atoms with Gasteiger partial charge in [-0.1, -0.05) is 18.2 Å². The molecule has 3 heteroatoms. The molecule has 2 atom stereocenters. The van der Waals surface area contributed by atoms with E-state index in [0.717, 1.165) is 19.4 Å². The molecule has 1 saturated heterocycles. The van der Waals surface area contributed by atoms with Crippen LogP contribution in [0.2, 0.25) is 0 Å². The van der Waals surface area contributed by atoms with Gasteiger partial charge < -0.3 is 10.5 Å². The molecule has 0 radical (unpaired) electrons. The van der Waals surface area contributed by atoms with E-state index >= 15 is 0 Å². The summed E-state index contributed by atoms with van der Waals surface area (Å²) in [6, 6.07) is 5.15. The molecule has 0 bridgehead atoms. The van der Waals surface area contributed by atoms with E-state index in [1.54, 1.807) is 19.1 Å². The van der Waals surface area contributed by atoms with Crippen LogP contribution in [0.4, 0.5) is 4.39 Å². The Morgan fingerprint density at radius 3 is 3.00 bits per heavy atom. The molecule has 1 aliphatic rings. The molecule has 2 nitrogen and oxygen atoms in total. The fourth-order valence-corrected chi connectivity index (χ4v) is 2.23. The quantitative estimate of drug-likeness (QED) is 0.836. The van der Waals surface area contributed by atoms with Gasteiger partial charge in [-0.05, 0) is 25.3 Å². The van der Waals surface area contributed by atoms with Crippen LogP contribution in [-0.2, 0) is 4.74 Å². The van der Waals surface area contributed by atoms with Crippen molar-refractivity contribution in [2.24, 2.45) is 11.7 Å². The van der Waals surface area contributed by atoms with Crippen LogP contribution in [0.15, 0.2) is 18.2 Å². The molecule has 88 valence electrons. The molecule has 1 aliphatic heterocycles. The van der Waals surface area contributed by atoms with Crippen molar-refractivity contribution in [1.82, 2.24) is 0 Å². The highest BCUT2D eigenvalue weighted by molar-refractivity contribution is 5.27. The summed E-state index contributed by atoms with van der Waals surface area (Å²) in [6.07, 6.45) is 2.04. The summed E-state index contributed by atoms with van der Waals surface area (Å²) in [5, 5.41) is 0. The first-order valence-corrected chi connectivity index (χ1v) is 5.78. The van der Waals surface area contributed by atoms with Crippen molar-refractivity contribution in [3.8, 4) is 0 Å². The molecule has 0 aliphatic carbocycles. The molecule has 16 heavy (non-hydrogen) atoms. The van der Waals surface area contributed by atoms with Crippen LogP contribution < -0.4 is 5.73 Å². The minimum absolute atomic E-state index is 0.166. The van der Waals surface area contributed by atoms with Crippen LogP contribution in [0.5, 0.6) is 0 Å². The second kappa shape index (κ2) is 4.93. The monoisotopic (exact) mass is 223 g/mol. The van der Waals surface area contributed by atoms with Crippen LogP contribution in [0.3, 0.4) is 0 Å². The van der Waals surface area contributed by atoms with Crippen molar-refractivity contribution in [1.29, 1.82) is 0 Å². The number of rotatable bonds is 2. The van der Waals surface area contributed by atoms with E-state index in [1.165, 1.54) is 0 Å². The van der Waals surface area contributed by atoms with Crippen LogP contribution in [-0.4, -0.2) is 13.2 Å². The largest absolute Gasteiger partial charge is 0.381 e. The van der Waals surface area contributed by atoms with Gasteiger partial charge in [0.2, 0.25) is 0 Å². The Kier molecular flexibility index (Phi) is 3.56. The van der Waals surface area contributed by atoms with E-state index < -0.39 is 0 Å². The Labute approximate surface area is 95.6 Å². The number of halogens is 1. The molecular formula is C13H18FNO. The Morgan fingerprint density at radius 2 is 2.31 bits per heavy atom. The van der Waals surface area contributed by atoms with Gasteiger partial charge >= 0.3 is 0 Å². The third-order valence-electron chi connectivity index (χ3n) is 3.28. The molecule has 1 aromatic carbocycles. The van der Waals surface area contributed by atoms with Crippen LogP contribution in [0, 0.1) is 18.7 Å². The van der Waals surface area contributed by atoms with Crippen molar-refractivity contribution in [3.05, 3.63) is 35.1 Å². The minimum atomic E-state index is -0.250. The number of ether oxygens (including phenoxy) is 1. The molecule has 0 aromatic heterocycles. The van der Waals surface area contributed by atoms with Crippen LogP contribution in [0.25, 0.3) is 0 Å². The molecule has 0 amide bonds. The smallest absolute Gasteiger partial charge is 0.130 e. The van der Waals surface area contributed by atoms with Crippen molar-refractivity contribution >= 4 is 0 Å². The highest BCUT2D eigenvalue weighted by Crippen LogP contribution is 2.29. The average Bonchev–Trinajstić information content (AvgIpc) is 2.33. The lowest BCUT2D eigenvalue weighted by atomic mass is 9.88. The van der Waals surface area contributed by atoms with E-state index in [2.05, 4.69) is 0 Å². The standard InChI is InChI=1S/C13H18FNO/c1-9-4-2-6-11(12(9)14)13(15)10-5-3-7-16-8-10/h2,4,6,10,13H,3,5,7-8,15H2,1H3. The lowest BCUT2D eigenvalue weighted by Crippen LogP contribution is -2.29. The van der Waals surface area contributed by atoms with Gasteiger partial charge in [0, 0.05) is 24.1 Å². The zero-order valence-electron chi connectivity index (χ0n) is 9.58. The molecule has 2 N–H and O–H groups in total. The third kappa shape index (κ3) is 2.25. The predicted octanol–water partition coefficient (Wildman–Crippen LogP) is 2.56. The number of nitrogens with two attached hydrogens (primary N) is 1. The zero-order chi connectivity index (χ0) is 11.5. The first-order chi connectivity index (χ1) is 7.70.